The molecular weight excluding hydrogens is 414 g/mol. The molecule has 1 fully saturated rings. The van der Waals surface area contributed by atoms with Gasteiger partial charge < -0.3 is 10.2 Å². The van der Waals surface area contributed by atoms with Crippen LogP contribution in [0.5, 0.6) is 0 Å². The first-order chi connectivity index (χ1) is 14.6. The molecule has 0 spiro atoms. The van der Waals surface area contributed by atoms with Crippen LogP contribution in [0, 0.1) is 12.8 Å². The molecule has 3 rings (SSSR count). The Hall–Kier alpha value is -2.87. The second-order valence-corrected chi connectivity index (χ2v) is 10.2. The molecule has 1 aliphatic rings. The standard InChI is InChI=1S/C23H29N3O4S/c1-5-31(29,30)25-21-10-9-19(11-16(21)4)24-23(28)18-13-22(27)26(14-18)20-8-6-7-17(12-20)15(2)3/h6-12,15,18,25H,5,13-14H2,1-4H3,(H,24,28). The molecule has 1 aliphatic heterocycles. The highest BCUT2D eigenvalue weighted by atomic mass is 32.2. The number of carbonyl (C=O) groups is 2. The molecule has 0 radical (unpaired) electrons. The van der Waals surface area contributed by atoms with Crippen LogP contribution in [0.25, 0.3) is 0 Å². The van der Waals surface area contributed by atoms with E-state index >= 15 is 0 Å². The van der Waals surface area contributed by atoms with Crippen molar-refractivity contribution >= 4 is 38.9 Å². The van der Waals surface area contributed by atoms with Gasteiger partial charge in [-0.1, -0.05) is 26.0 Å². The van der Waals surface area contributed by atoms with Crippen molar-refractivity contribution in [2.75, 3.05) is 27.2 Å². The van der Waals surface area contributed by atoms with Gasteiger partial charge in [0.15, 0.2) is 0 Å². The monoisotopic (exact) mass is 443 g/mol. The SMILES string of the molecule is CCS(=O)(=O)Nc1ccc(NC(=O)C2CC(=O)N(c3cccc(C(C)C)c3)C2)cc1C. The number of rotatable bonds is 7. The Bertz CT molecular complexity index is 1100. The van der Waals surface area contributed by atoms with Crippen LogP contribution in [0.15, 0.2) is 42.5 Å². The van der Waals surface area contributed by atoms with Gasteiger partial charge in [0.2, 0.25) is 21.8 Å². The van der Waals surface area contributed by atoms with Crippen LogP contribution in [0.1, 0.15) is 44.2 Å². The zero-order valence-electron chi connectivity index (χ0n) is 18.3. The zero-order valence-corrected chi connectivity index (χ0v) is 19.1. The minimum atomic E-state index is -3.37. The molecule has 166 valence electrons. The summed E-state index contributed by atoms with van der Waals surface area (Å²) in [4.78, 5) is 27.0. The highest BCUT2D eigenvalue weighted by Crippen LogP contribution is 2.29. The molecular formula is C23H29N3O4S. The summed E-state index contributed by atoms with van der Waals surface area (Å²) in [6, 6.07) is 12.9. The van der Waals surface area contributed by atoms with E-state index in [0.717, 1.165) is 11.3 Å². The second kappa shape index (κ2) is 9.09. The van der Waals surface area contributed by atoms with E-state index in [1.807, 2.05) is 24.3 Å². The summed E-state index contributed by atoms with van der Waals surface area (Å²) in [7, 11) is -3.37. The van der Waals surface area contributed by atoms with E-state index < -0.39 is 15.9 Å². The number of amides is 2. The summed E-state index contributed by atoms with van der Waals surface area (Å²) in [5.41, 5.74) is 3.70. The topological polar surface area (TPSA) is 95.6 Å². The van der Waals surface area contributed by atoms with Gasteiger partial charge in [0.25, 0.3) is 0 Å². The Morgan fingerprint density at radius 1 is 1.19 bits per heavy atom. The van der Waals surface area contributed by atoms with Gasteiger partial charge >= 0.3 is 0 Å². The lowest BCUT2D eigenvalue weighted by Gasteiger charge is -2.18. The van der Waals surface area contributed by atoms with Crippen LogP contribution in [0.4, 0.5) is 17.1 Å². The van der Waals surface area contributed by atoms with E-state index in [1.165, 1.54) is 0 Å². The van der Waals surface area contributed by atoms with Crippen LogP contribution in [-0.2, 0) is 19.6 Å². The van der Waals surface area contributed by atoms with Gasteiger partial charge in [-0.3, -0.25) is 14.3 Å². The minimum absolute atomic E-state index is 0.0167. The van der Waals surface area contributed by atoms with Crippen molar-refractivity contribution in [2.24, 2.45) is 5.92 Å². The molecule has 0 saturated carbocycles. The molecule has 1 heterocycles. The van der Waals surface area contributed by atoms with Gasteiger partial charge in [0, 0.05) is 24.3 Å². The van der Waals surface area contributed by atoms with Crippen molar-refractivity contribution in [3.8, 4) is 0 Å². The van der Waals surface area contributed by atoms with Crippen LogP contribution >= 0.6 is 0 Å². The number of nitrogens with one attached hydrogen (secondary N) is 2. The molecule has 8 heteroatoms. The van der Waals surface area contributed by atoms with Crippen LogP contribution in [0.3, 0.4) is 0 Å². The molecule has 2 aromatic carbocycles. The summed E-state index contributed by atoms with van der Waals surface area (Å²) >= 11 is 0. The van der Waals surface area contributed by atoms with E-state index in [4.69, 9.17) is 0 Å². The number of sulfonamides is 1. The maximum Gasteiger partial charge on any atom is 0.232 e. The molecule has 0 bridgehead atoms. The van der Waals surface area contributed by atoms with Crippen LogP contribution in [0.2, 0.25) is 0 Å². The third-order valence-corrected chi connectivity index (χ3v) is 6.77. The van der Waals surface area contributed by atoms with Crippen LogP contribution < -0.4 is 14.9 Å². The van der Waals surface area contributed by atoms with Gasteiger partial charge in [-0.05, 0) is 61.2 Å². The number of aryl methyl sites for hydroxylation is 1. The predicted molar refractivity (Wildman–Crippen MR) is 124 cm³/mol. The fourth-order valence-electron chi connectivity index (χ4n) is 3.52. The summed E-state index contributed by atoms with van der Waals surface area (Å²) in [6.45, 7) is 7.87. The highest BCUT2D eigenvalue weighted by Gasteiger charge is 2.35. The third-order valence-electron chi connectivity index (χ3n) is 5.48. The fraction of sp³-hybridized carbons (Fsp3) is 0.391. The maximum absolute atomic E-state index is 12.8. The number of hydrogen-bond donors (Lipinski definition) is 2. The summed E-state index contributed by atoms with van der Waals surface area (Å²) in [5, 5.41) is 2.86. The lowest BCUT2D eigenvalue weighted by atomic mass is 10.0. The molecule has 0 aromatic heterocycles. The minimum Gasteiger partial charge on any atom is -0.326 e. The summed E-state index contributed by atoms with van der Waals surface area (Å²) in [6.07, 6.45) is 0.158. The average molecular weight is 444 g/mol. The molecule has 31 heavy (non-hydrogen) atoms. The van der Waals surface area contributed by atoms with Gasteiger partial charge in [-0.15, -0.1) is 0 Å². The number of nitrogens with zero attached hydrogens (tertiary/aromatic N) is 1. The smallest absolute Gasteiger partial charge is 0.232 e. The van der Waals surface area contributed by atoms with Gasteiger partial charge in [0.05, 0.1) is 17.4 Å². The first kappa shape index (κ1) is 22.8. The highest BCUT2D eigenvalue weighted by molar-refractivity contribution is 7.92. The first-order valence-electron chi connectivity index (χ1n) is 10.4. The van der Waals surface area contributed by atoms with Crippen molar-refractivity contribution in [3.63, 3.8) is 0 Å². The van der Waals surface area contributed by atoms with Gasteiger partial charge in [-0.25, -0.2) is 8.42 Å². The lowest BCUT2D eigenvalue weighted by molar-refractivity contribution is -0.122. The van der Waals surface area contributed by atoms with Gasteiger partial charge in [-0.2, -0.15) is 0 Å². The average Bonchev–Trinajstić information content (AvgIpc) is 3.12. The molecule has 1 atom stereocenters. The predicted octanol–water partition coefficient (Wildman–Crippen LogP) is 3.87. The first-order valence-corrected chi connectivity index (χ1v) is 12.1. The number of anilines is 3. The maximum atomic E-state index is 12.8. The van der Waals surface area contributed by atoms with E-state index in [-0.39, 0.29) is 24.0 Å². The molecule has 2 aromatic rings. The zero-order chi connectivity index (χ0) is 22.8. The van der Waals surface area contributed by atoms with E-state index in [9.17, 15) is 18.0 Å². The lowest BCUT2D eigenvalue weighted by Crippen LogP contribution is -2.28. The number of hydrogen-bond acceptors (Lipinski definition) is 4. The third kappa shape index (κ3) is 5.44. The summed E-state index contributed by atoms with van der Waals surface area (Å²) < 4.78 is 26.1. The van der Waals surface area contributed by atoms with E-state index in [0.29, 0.717) is 29.4 Å². The quantitative estimate of drug-likeness (QED) is 0.679. The largest absolute Gasteiger partial charge is 0.326 e. The second-order valence-electron chi connectivity index (χ2n) is 8.18. The van der Waals surface area contributed by atoms with Crippen molar-refractivity contribution in [3.05, 3.63) is 53.6 Å². The Balaban J connectivity index is 1.68. The van der Waals surface area contributed by atoms with E-state index in [1.54, 1.807) is 36.9 Å². The van der Waals surface area contributed by atoms with Crippen molar-refractivity contribution in [2.45, 2.75) is 40.0 Å². The van der Waals surface area contributed by atoms with Crippen molar-refractivity contribution in [1.82, 2.24) is 0 Å². The number of carbonyl (C=O) groups excluding carboxylic acids is 2. The van der Waals surface area contributed by atoms with E-state index in [2.05, 4.69) is 23.9 Å². The Morgan fingerprint density at radius 3 is 2.58 bits per heavy atom. The fourth-order valence-corrected chi connectivity index (χ4v) is 4.23. The Morgan fingerprint density at radius 2 is 1.94 bits per heavy atom. The van der Waals surface area contributed by atoms with Crippen LogP contribution in [-0.4, -0.2) is 32.5 Å². The molecule has 1 unspecified atom stereocenters. The molecule has 0 aliphatic carbocycles. The molecule has 1 saturated heterocycles. The normalized spacial score (nSPS) is 16.6. The molecule has 2 N–H and O–H groups in total. The number of benzene rings is 2. The van der Waals surface area contributed by atoms with Crippen molar-refractivity contribution in [1.29, 1.82) is 0 Å². The Labute approximate surface area is 183 Å². The Kier molecular flexibility index (Phi) is 6.69. The summed E-state index contributed by atoms with van der Waals surface area (Å²) in [5.74, 6) is -0.408. The molecule has 2 amide bonds. The van der Waals surface area contributed by atoms with Crippen molar-refractivity contribution < 1.29 is 18.0 Å². The van der Waals surface area contributed by atoms with Gasteiger partial charge in [0.1, 0.15) is 0 Å². The molecule has 7 nitrogen and oxygen atoms in total.